The second-order valence-corrected chi connectivity index (χ2v) is 19.7. The number of aryl methyl sites for hydroxylation is 1. The summed E-state index contributed by atoms with van der Waals surface area (Å²) >= 11 is 7.80. The normalized spacial score (nSPS) is 23.6. The molecule has 2 unspecified atom stereocenters. The molecule has 2 fully saturated rings. The predicted octanol–water partition coefficient (Wildman–Crippen LogP) is 6.15. The average molecular weight is 755 g/mol. The van der Waals surface area contributed by atoms with Crippen molar-refractivity contribution in [2.24, 2.45) is 5.92 Å². The SMILES string of the molecule is CC(C)(C)OC(=O)[C@@H]1C[C@H]2CCCC[C@H]2N1C(=O)CP(=O)(O)CCCCNS(=O)(=O)c1cc2c(cc1Cl)NC(CCc1ccccc1)NS2. The van der Waals surface area contributed by atoms with Crippen LogP contribution in [0.4, 0.5) is 5.69 Å². The Morgan fingerprint density at radius 1 is 1.14 bits per heavy atom. The number of benzene rings is 2. The van der Waals surface area contributed by atoms with E-state index in [0.717, 1.165) is 44.2 Å². The first-order valence-electron chi connectivity index (χ1n) is 17.0. The van der Waals surface area contributed by atoms with Crippen molar-refractivity contribution in [2.75, 3.05) is 24.2 Å². The van der Waals surface area contributed by atoms with E-state index in [1.165, 1.54) is 28.5 Å². The monoisotopic (exact) mass is 754 g/mol. The lowest BCUT2D eigenvalue weighted by atomic mass is 9.85. The van der Waals surface area contributed by atoms with Gasteiger partial charge in [0.25, 0.3) is 0 Å². The third kappa shape index (κ3) is 10.2. The molecule has 2 aliphatic heterocycles. The molecule has 2 heterocycles. The van der Waals surface area contributed by atoms with Gasteiger partial charge in [-0.15, -0.1) is 0 Å². The maximum Gasteiger partial charge on any atom is 0.329 e. The highest BCUT2D eigenvalue weighted by Crippen LogP contribution is 2.45. The molecule has 3 aliphatic rings. The van der Waals surface area contributed by atoms with Gasteiger partial charge >= 0.3 is 5.97 Å². The molecule has 11 nitrogen and oxygen atoms in total. The molecule has 270 valence electrons. The number of amides is 1. The van der Waals surface area contributed by atoms with E-state index in [1.54, 1.807) is 26.8 Å². The Kier molecular flexibility index (Phi) is 12.5. The van der Waals surface area contributed by atoms with Gasteiger partial charge < -0.3 is 19.8 Å². The van der Waals surface area contributed by atoms with E-state index in [4.69, 9.17) is 16.3 Å². The van der Waals surface area contributed by atoms with E-state index in [-0.39, 0.29) is 53.6 Å². The summed E-state index contributed by atoms with van der Waals surface area (Å²) in [5.41, 5.74) is 1.28. The first-order chi connectivity index (χ1) is 23.1. The Morgan fingerprint density at radius 2 is 1.88 bits per heavy atom. The van der Waals surface area contributed by atoms with Crippen LogP contribution in [0.5, 0.6) is 0 Å². The van der Waals surface area contributed by atoms with Crippen molar-refractivity contribution >= 4 is 58.5 Å². The Balaban J connectivity index is 1.10. The van der Waals surface area contributed by atoms with E-state index < -0.39 is 47.1 Å². The zero-order valence-electron chi connectivity index (χ0n) is 28.3. The number of esters is 1. The summed E-state index contributed by atoms with van der Waals surface area (Å²) in [6.45, 7) is 5.37. The number of ether oxygens (including phenoxy) is 1. The molecular formula is C34H48ClN4O7PS2. The number of carbonyl (C=O) groups excluding carboxylic acids is 2. The van der Waals surface area contributed by atoms with Gasteiger partial charge in [-0.2, -0.15) is 0 Å². The molecule has 2 aromatic rings. The van der Waals surface area contributed by atoms with Crippen LogP contribution in [0, 0.1) is 5.92 Å². The van der Waals surface area contributed by atoms with Gasteiger partial charge in [0.15, 0.2) is 0 Å². The number of hydrogen-bond donors (Lipinski definition) is 4. The Morgan fingerprint density at radius 3 is 2.61 bits per heavy atom. The Hall–Kier alpha value is -2.12. The first-order valence-corrected chi connectivity index (χ1v) is 21.7. The summed E-state index contributed by atoms with van der Waals surface area (Å²) in [4.78, 5) is 39.5. The molecular weight excluding hydrogens is 707 g/mol. The van der Waals surface area contributed by atoms with Gasteiger partial charge in [-0.3, -0.25) is 9.36 Å². The topological polar surface area (TPSA) is 154 Å². The molecule has 0 aromatic heterocycles. The molecule has 1 aliphatic carbocycles. The number of anilines is 1. The zero-order chi connectivity index (χ0) is 35.4. The van der Waals surface area contributed by atoms with E-state index in [9.17, 15) is 27.5 Å². The lowest BCUT2D eigenvalue weighted by Gasteiger charge is -2.34. The maximum absolute atomic E-state index is 13.5. The number of rotatable bonds is 13. The largest absolute Gasteiger partial charge is 0.458 e. The fourth-order valence-electron chi connectivity index (χ4n) is 6.92. The molecule has 1 amide bonds. The molecule has 0 bridgehead atoms. The third-order valence-electron chi connectivity index (χ3n) is 9.19. The number of unbranched alkanes of at least 4 members (excludes halogenated alkanes) is 1. The summed E-state index contributed by atoms with van der Waals surface area (Å²) in [5, 5.41) is 3.48. The molecule has 1 saturated carbocycles. The Bertz CT molecular complexity index is 1660. The number of halogens is 1. The van der Waals surface area contributed by atoms with Crippen molar-refractivity contribution in [1.29, 1.82) is 0 Å². The van der Waals surface area contributed by atoms with Crippen LogP contribution < -0.4 is 14.8 Å². The van der Waals surface area contributed by atoms with Crippen LogP contribution in [-0.4, -0.2) is 72.8 Å². The van der Waals surface area contributed by atoms with E-state index in [0.29, 0.717) is 11.3 Å². The summed E-state index contributed by atoms with van der Waals surface area (Å²) in [6.07, 6.45) is 5.68. The number of sulfonamides is 1. The molecule has 2 aromatic carbocycles. The minimum atomic E-state index is -3.96. The number of hydrogen-bond acceptors (Lipinski definition) is 9. The van der Waals surface area contributed by atoms with Crippen LogP contribution in [-0.2, 0) is 35.3 Å². The number of nitrogens with one attached hydrogen (secondary N) is 3. The summed E-state index contributed by atoms with van der Waals surface area (Å²) in [5.74, 6) is -0.787. The van der Waals surface area contributed by atoms with Crippen molar-refractivity contribution < 1.29 is 32.2 Å². The molecule has 0 spiro atoms. The second kappa shape index (κ2) is 16.0. The molecule has 1 saturated heterocycles. The van der Waals surface area contributed by atoms with Crippen molar-refractivity contribution in [1.82, 2.24) is 14.3 Å². The first kappa shape index (κ1) is 38.1. The standard InChI is InChI=1S/C34H48ClN4O7PS2/c1-34(2,3)46-33(41)28-19-24-13-7-8-14-27(24)39(28)32(40)22-47(42,43)18-10-9-17-36-49(44,45)30-21-29-26(20-25(30)35)37-31(38-48-29)16-15-23-11-5-4-6-12-23/h4-6,11-12,20-21,24,27-28,31,36-38H,7-10,13-19,22H2,1-3H3,(H,42,43)/t24-,27-,28+,31?/m1/s1. The molecule has 0 radical (unpaired) electrons. The lowest BCUT2D eigenvalue weighted by molar-refractivity contribution is -0.163. The van der Waals surface area contributed by atoms with Crippen molar-refractivity contribution in [3.63, 3.8) is 0 Å². The Labute approximate surface area is 299 Å². The third-order valence-corrected chi connectivity index (χ3v) is 13.9. The quantitative estimate of drug-likeness (QED) is 0.0811. The van der Waals surface area contributed by atoms with E-state index in [2.05, 4.69) is 26.9 Å². The minimum absolute atomic E-state index is 0.0157. The van der Waals surface area contributed by atoms with Gasteiger partial charge in [-0.1, -0.05) is 54.8 Å². The highest BCUT2D eigenvalue weighted by molar-refractivity contribution is 7.97. The van der Waals surface area contributed by atoms with Gasteiger partial charge in [0.05, 0.1) is 16.9 Å². The maximum atomic E-state index is 13.5. The van der Waals surface area contributed by atoms with Crippen LogP contribution in [0.15, 0.2) is 52.3 Å². The minimum Gasteiger partial charge on any atom is -0.458 e. The highest BCUT2D eigenvalue weighted by atomic mass is 35.5. The van der Waals surface area contributed by atoms with Crippen molar-refractivity contribution in [3.8, 4) is 0 Å². The van der Waals surface area contributed by atoms with Crippen LogP contribution in [0.2, 0.25) is 5.02 Å². The highest BCUT2D eigenvalue weighted by Gasteiger charge is 2.49. The number of carbonyl (C=O) groups is 2. The predicted molar refractivity (Wildman–Crippen MR) is 193 cm³/mol. The van der Waals surface area contributed by atoms with Gasteiger partial charge in [0, 0.05) is 23.6 Å². The van der Waals surface area contributed by atoms with Crippen molar-refractivity contribution in [3.05, 3.63) is 53.1 Å². The summed E-state index contributed by atoms with van der Waals surface area (Å²) in [6, 6.07) is 12.4. The summed E-state index contributed by atoms with van der Waals surface area (Å²) in [7, 11) is -7.85. The summed E-state index contributed by atoms with van der Waals surface area (Å²) < 4.78 is 51.0. The molecule has 15 heteroatoms. The average Bonchev–Trinajstić information content (AvgIpc) is 3.43. The fraction of sp³-hybridized carbons (Fsp3) is 0.588. The van der Waals surface area contributed by atoms with E-state index >= 15 is 0 Å². The van der Waals surface area contributed by atoms with Gasteiger partial charge in [-0.25, -0.2) is 22.7 Å². The van der Waals surface area contributed by atoms with Crippen LogP contribution in [0.1, 0.15) is 77.7 Å². The molecule has 4 N–H and O–H groups in total. The van der Waals surface area contributed by atoms with Gasteiger partial charge in [0.2, 0.25) is 23.3 Å². The lowest BCUT2D eigenvalue weighted by Crippen LogP contribution is -2.49. The van der Waals surface area contributed by atoms with Crippen LogP contribution in [0.25, 0.3) is 0 Å². The van der Waals surface area contributed by atoms with Crippen LogP contribution in [0.3, 0.4) is 0 Å². The number of nitrogens with zero attached hydrogens (tertiary/aromatic N) is 1. The number of likely N-dealkylation sites (tertiary alicyclic amines) is 1. The van der Waals surface area contributed by atoms with E-state index in [1.807, 2.05) is 18.2 Å². The zero-order valence-corrected chi connectivity index (χ0v) is 31.6. The molecule has 5 rings (SSSR count). The number of fused-ring (bicyclic) bond motifs is 2. The smallest absolute Gasteiger partial charge is 0.329 e. The second-order valence-electron chi connectivity index (χ2n) is 14.3. The van der Waals surface area contributed by atoms with Gasteiger partial charge in [0.1, 0.15) is 22.7 Å². The van der Waals surface area contributed by atoms with Crippen LogP contribution >= 0.6 is 30.9 Å². The molecule has 49 heavy (non-hydrogen) atoms. The van der Waals surface area contributed by atoms with Crippen molar-refractivity contribution in [2.45, 2.75) is 112 Å². The fourth-order valence-corrected chi connectivity index (χ4v) is 10.9. The van der Waals surface area contributed by atoms with Gasteiger partial charge in [-0.05, 0) is 101 Å². The molecule has 5 atom stereocenters.